The van der Waals surface area contributed by atoms with E-state index in [2.05, 4.69) is 15.4 Å². The van der Waals surface area contributed by atoms with Gasteiger partial charge in [0.25, 0.3) is 10.2 Å². The second-order valence-electron chi connectivity index (χ2n) is 6.73. The molecule has 0 saturated carbocycles. The summed E-state index contributed by atoms with van der Waals surface area (Å²) in [5, 5.41) is 19.4. The van der Waals surface area contributed by atoms with Gasteiger partial charge in [-0.1, -0.05) is 30.3 Å². The van der Waals surface area contributed by atoms with E-state index in [0.29, 0.717) is 18.5 Å². The molecule has 1 atom stereocenters. The van der Waals surface area contributed by atoms with Crippen molar-refractivity contribution in [2.75, 3.05) is 11.9 Å². The lowest BCUT2D eigenvalue weighted by molar-refractivity contribution is -0.118. The quantitative estimate of drug-likeness (QED) is 0.258. The molecular formula is C20H26N4O6S. The molecule has 0 heterocycles. The van der Waals surface area contributed by atoms with E-state index in [4.69, 9.17) is 9.88 Å². The maximum atomic E-state index is 12.7. The number of carbonyl (C=O) groups is 2. The number of nitrogens with two attached hydrogens (primary N) is 1. The topological polar surface area (TPSA) is 160 Å². The fraction of sp³-hybridized carbons (Fsp3) is 0.300. The second kappa shape index (κ2) is 11.9. The third-order valence-corrected chi connectivity index (χ3v) is 4.79. The fourth-order valence-electron chi connectivity index (χ4n) is 2.64. The minimum absolute atomic E-state index is 0.0528. The van der Waals surface area contributed by atoms with Crippen LogP contribution < -0.4 is 20.5 Å². The average Bonchev–Trinajstić information content (AvgIpc) is 2.72. The van der Waals surface area contributed by atoms with Crippen LogP contribution in [0.25, 0.3) is 0 Å². The summed E-state index contributed by atoms with van der Waals surface area (Å²) in [5.74, 6) is -0.415. The number of phenolic OH excluding ortho intramolecular Hbond substituents is 1. The Labute approximate surface area is 181 Å². The summed E-state index contributed by atoms with van der Waals surface area (Å²) in [6.07, 6.45) is 0.351. The third-order valence-electron chi connectivity index (χ3n) is 4.18. The molecule has 0 aliphatic heterocycles. The Morgan fingerprint density at radius 1 is 1.03 bits per heavy atom. The number of rotatable bonds is 11. The molecule has 0 bridgehead atoms. The highest BCUT2D eigenvalue weighted by molar-refractivity contribution is 7.87. The van der Waals surface area contributed by atoms with Crippen molar-refractivity contribution in [3.05, 3.63) is 60.2 Å². The first-order chi connectivity index (χ1) is 14.7. The van der Waals surface area contributed by atoms with E-state index >= 15 is 0 Å². The number of carbonyl (C=O) groups excluding carboxylic acids is 2. The number of nitrogens with one attached hydrogen (secondary N) is 3. The highest BCUT2D eigenvalue weighted by Gasteiger charge is 2.21. The number of unbranched alkanes of at least 4 members (excludes halogenated alkanes) is 1. The maximum Gasteiger partial charge on any atom is 0.408 e. The van der Waals surface area contributed by atoms with Crippen molar-refractivity contribution >= 4 is 27.9 Å². The molecule has 6 N–H and O–H groups in total. The SMILES string of the molecule is NS(=O)(=O)NCCCC[C@@H](NC(=O)OCc1ccccc1)C(=O)Nc1ccc(O)cc1. The lowest BCUT2D eigenvalue weighted by atomic mass is 10.1. The van der Waals surface area contributed by atoms with Gasteiger partial charge in [0.05, 0.1) is 0 Å². The van der Waals surface area contributed by atoms with Gasteiger partial charge in [0.15, 0.2) is 0 Å². The Balaban J connectivity index is 1.92. The van der Waals surface area contributed by atoms with Crippen LogP contribution in [0.5, 0.6) is 5.75 Å². The van der Waals surface area contributed by atoms with Gasteiger partial charge in [0.2, 0.25) is 5.91 Å². The molecule has 0 radical (unpaired) electrons. The molecule has 0 spiro atoms. The number of phenols is 1. The monoisotopic (exact) mass is 450 g/mol. The summed E-state index contributed by atoms with van der Waals surface area (Å²) < 4.78 is 29.2. The largest absolute Gasteiger partial charge is 0.508 e. The van der Waals surface area contributed by atoms with Crippen molar-refractivity contribution in [2.45, 2.75) is 31.9 Å². The number of aromatic hydroxyl groups is 1. The highest BCUT2D eigenvalue weighted by Crippen LogP contribution is 2.15. The predicted molar refractivity (Wildman–Crippen MR) is 115 cm³/mol. The van der Waals surface area contributed by atoms with E-state index in [1.54, 1.807) is 12.1 Å². The number of amides is 2. The van der Waals surface area contributed by atoms with E-state index in [1.165, 1.54) is 24.3 Å². The molecule has 0 saturated heterocycles. The molecule has 10 nitrogen and oxygen atoms in total. The number of anilines is 1. The molecule has 0 aliphatic rings. The Bertz CT molecular complexity index is 951. The highest BCUT2D eigenvalue weighted by atomic mass is 32.2. The Kier molecular flexibility index (Phi) is 9.25. The number of ether oxygens (including phenoxy) is 1. The lowest BCUT2D eigenvalue weighted by Crippen LogP contribution is -2.44. The van der Waals surface area contributed by atoms with Crippen LogP contribution in [-0.2, 0) is 26.3 Å². The van der Waals surface area contributed by atoms with Crippen LogP contribution in [0.15, 0.2) is 54.6 Å². The van der Waals surface area contributed by atoms with Gasteiger partial charge >= 0.3 is 6.09 Å². The molecule has 2 aromatic carbocycles. The van der Waals surface area contributed by atoms with E-state index in [9.17, 15) is 23.1 Å². The smallest absolute Gasteiger partial charge is 0.408 e. The Hall–Kier alpha value is -3.15. The van der Waals surface area contributed by atoms with Crippen molar-refractivity contribution < 1.29 is 27.9 Å². The summed E-state index contributed by atoms with van der Waals surface area (Å²) in [5.41, 5.74) is 1.25. The first-order valence-corrected chi connectivity index (χ1v) is 11.1. The van der Waals surface area contributed by atoms with Crippen molar-refractivity contribution in [3.8, 4) is 5.75 Å². The second-order valence-corrected chi connectivity index (χ2v) is 8.11. The van der Waals surface area contributed by atoms with Gasteiger partial charge in [0.1, 0.15) is 18.4 Å². The van der Waals surface area contributed by atoms with Crippen molar-refractivity contribution in [2.24, 2.45) is 5.14 Å². The molecule has 0 unspecified atom stereocenters. The van der Waals surface area contributed by atoms with Gasteiger partial charge in [-0.05, 0) is 49.1 Å². The molecular weight excluding hydrogens is 424 g/mol. The molecule has 2 aromatic rings. The number of benzene rings is 2. The molecule has 0 aromatic heterocycles. The molecule has 31 heavy (non-hydrogen) atoms. The van der Waals surface area contributed by atoms with Crippen molar-refractivity contribution in [3.63, 3.8) is 0 Å². The van der Waals surface area contributed by atoms with Gasteiger partial charge in [0, 0.05) is 12.2 Å². The van der Waals surface area contributed by atoms with E-state index in [0.717, 1.165) is 5.56 Å². The summed E-state index contributed by atoms with van der Waals surface area (Å²) in [6, 6.07) is 14.1. The normalized spacial score (nSPS) is 12.0. The minimum Gasteiger partial charge on any atom is -0.508 e. The van der Waals surface area contributed by atoms with E-state index < -0.39 is 28.3 Å². The van der Waals surface area contributed by atoms with Crippen LogP contribution in [-0.4, -0.2) is 38.1 Å². The first kappa shape index (κ1) is 24.1. The van der Waals surface area contributed by atoms with Gasteiger partial charge in [-0.25, -0.2) is 14.7 Å². The van der Waals surface area contributed by atoms with E-state index in [1.807, 2.05) is 18.2 Å². The van der Waals surface area contributed by atoms with Gasteiger partial charge in [-0.3, -0.25) is 4.79 Å². The zero-order chi connectivity index (χ0) is 22.7. The van der Waals surface area contributed by atoms with Crippen LogP contribution >= 0.6 is 0 Å². The fourth-order valence-corrected chi connectivity index (χ4v) is 3.07. The summed E-state index contributed by atoms with van der Waals surface area (Å²) in [6.45, 7) is 0.168. The average molecular weight is 451 g/mol. The summed E-state index contributed by atoms with van der Waals surface area (Å²) >= 11 is 0. The summed E-state index contributed by atoms with van der Waals surface area (Å²) in [7, 11) is -3.78. The van der Waals surface area contributed by atoms with Gasteiger partial charge in [-0.15, -0.1) is 0 Å². The Morgan fingerprint density at radius 3 is 2.35 bits per heavy atom. The minimum atomic E-state index is -3.78. The van der Waals surface area contributed by atoms with Crippen LogP contribution in [0, 0.1) is 0 Å². The Morgan fingerprint density at radius 2 is 1.71 bits per heavy atom. The maximum absolute atomic E-state index is 12.7. The van der Waals surface area contributed by atoms with Crippen molar-refractivity contribution in [1.82, 2.24) is 10.0 Å². The predicted octanol–water partition coefficient (Wildman–Crippen LogP) is 1.59. The molecule has 0 aliphatic carbocycles. The molecule has 2 rings (SSSR count). The van der Waals surface area contributed by atoms with Crippen LogP contribution in [0.1, 0.15) is 24.8 Å². The van der Waals surface area contributed by atoms with Crippen molar-refractivity contribution in [1.29, 1.82) is 0 Å². The first-order valence-electron chi connectivity index (χ1n) is 9.57. The third kappa shape index (κ3) is 9.94. The molecule has 168 valence electrons. The summed E-state index contributed by atoms with van der Waals surface area (Å²) in [4.78, 5) is 24.8. The lowest BCUT2D eigenvalue weighted by Gasteiger charge is -2.18. The molecule has 11 heteroatoms. The number of hydrogen-bond acceptors (Lipinski definition) is 6. The molecule has 0 fully saturated rings. The zero-order valence-electron chi connectivity index (χ0n) is 16.8. The van der Waals surface area contributed by atoms with E-state index in [-0.39, 0.29) is 25.3 Å². The van der Waals surface area contributed by atoms with Crippen LogP contribution in [0.2, 0.25) is 0 Å². The zero-order valence-corrected chi connectivity index (χ0v) is 17.6. The van der Waals surface area contributed by atoms with Gasteiger partial charge in [-0.2, -0.15) is 8.42 Å². The van der Waals surface area contributed by atoms with Crippen LogP contribution in [0.4, 0.5) is 10.5 Å². The number of hydrogen-bond donors (Lipinski definition) is 5. The van der Waals surface area contributed by atoms with Crippen LogP contribution in [0.3, 0.4) is 0 Å². The standard InChI is InChI=1S/C20H26N4O6S/c21-31(28,29)22-13-5-4-8-18(19(26)23-16-9-11-17(25)12-10-16)24-20(27)30-14-15-6-2-1-3-7-15/h1-3,6-7,9-12,18,22,25H,4-5,8,13-14H2,(H,23,26)(H,24,27)(H2,21,28,29)/t18-/m1/s1. The van der Waals surface area contributed by atoms with Gasteiger partial charge < -0.3 is 20.5 Å². The molecule has 2 amide bonds. The number of alkyl carbamates (subject to hydrolysis) is 1.